The van der Waals surface area contributed by atoms with Gasteiger partial charge in [-0.3, -0.25) is 0 Å². The molecule has 0 aliphatic carbocycles. The molecule has 5 nitrogen and oxygen atoms in total. The lowest BCUT2D eigenvalue weighted by Crippen LogP contribution is -2.33. The highest BCUT2D eigenvalue weighted by atomic mass is 79.9. The van der Waals surface area contributed by atoms with Crippen LogP contribution in [0.3, 0.4) is 0 Å². The van der Waals surface area contributed by atoms with E-state index in [9.17, 15) is 8.42 Å². The maximum Gasteiger partial charge on any atom is 0.246 e. The van der Waals surface area contributed by atoms with Gasteiger partial charge < -0.3 is 9.64 Å². The van der Waals surface area contributed by atoms with Crippen molar-refractivity contribution in [3.8, 4) is 5.75 Å². The van der Waals surface area contributed by atoms with Gasteiger partial charge in [0.05, 0.1) is 7.11 Å². The lowest BCUT2D eigenvalue weighted by molar-refractivity contribution is 0.356. The van der Waals surface area contributed by atoms with E-state index >= 15 is 0 Å². The van der Waals surface area contributed by atoms with E-state index in [1.807, 2.05) is 19.0 Å². The monoisotopic (exact) mass is 350 g/mol. The Hall–Kier alpha value is -0.630. The summed E-state index contributed by atoms with van der Waals surface area (Å²) < 4.78 is 32.1. The molecule has 0 radical (unpaired) electrons. The number of rotatable bonds is 6. The van der Waals surface area contributed by atoms with E-state index in [4.69, 9.17) is 4.74 Å². The zero-order chi connectivity index (χ0) is 14.6. The average molecular weight is 351 g/mol. The van der Waals surface area contributed by atoms with Crippen molar-refractivity contribution < 1.29 is 13.2 Å². The normalized spacial score (nSPS) is 12.2. The predicted molar refractivity (Wildman–Crippen MR) is 79.1 cm³/mol. The second-order valence-electron chi connectivity index (χ2n) is 4.43. The van der Waals surface area contributed by atoms with Crippen molar-refractivity contribution in [2.75, 3.05) is 41.3 Å². The molecule has 0 N–H and O–H groups in total. The SMILES string of the molecule is COc1ccc(Br)cc1S(=O)(=O)N(C)CCN(C)C. The first-order chi connectivity index (χ1) is 8.78. The summed E-state index contributed by atoms with van der Waals surface area (Å²) in [7, 11) is 3.29. The van der Waals surface area contributed by atoms with Gasteiger partial charge in [-0.05, 0) is 32.3 Å². The molecular formula is C12H19BrN2O3S. The van der Waals surface area contributed by atoms with Gasteiger partial charge in [0.25, 0.3) is 0 Å². The molecule has 0 unspecified atom stereocenters. The van der Waals surface area contributed by atoms with Gasteiger partial charge in [-0.2, -0.15) is 4.31 Å². The lowest BCUT2D eigenvalue weighted by atomic mass is 10.3. The first kappa shape index (κ1) is 16.4. The molecule has 1 aromatic rings. The molecule has 0 saturated carbocycles. The Morgan fingerprint density at radius 2 is 1.84 bits per heavy atom. The minimum Gasteiger partial charge on any atom is -0.495 e. The van der Waals surface area contributed by atoms with Crippen LogP contribution < -0.4 is 4.74 Å². The maximum absolute atomic E-state index is 12.5. The van der Waals surface area contributed by atoms with Gasteiger partial charge in [0.2, 0.25) is 10.0 Å². The zero-order valence-electron chi connectivity index (χ0n) is 11.6. The van der Waals surface area contributed by atoms with E-state index in [1.165, 1.54) is 11.4 Å². The second-order valence-corrected chi connectivity index (χ2v) is 7.35. The van der Waals surface area contributed by atoms with Crippen molar-refractivity contribution in [1.29, 1.82) is 0 Å². The molecule has 1 rings (SSSR count). The van der Waals surface area contributed by atoms with Gasteiger partial charge in [-0.15, -0.1) is 0 Å². The molecular weight excluding hydrogens is 332 g/mol. The number of likely N-dealkylation sites (N-methyl/N-ethyl adjacent to an activating group) is 2. The number of hydrogen-bond donors (Lipinski definition) is 0. The molecule has 108 valence electrons. The Balaban J connectivity index is 3.09. The van der Waals surface area contributed by atoms with Crippen molar-refractivity contribution in [2.24, 2.45) is 0 Å². The van der Waals surface area contributed by atoms with Crippen molar-refractivity contribution >= 4 is 26.0 Å². The molecule has 0 heterocycles. The highest BCUT2D eigenvalue weighted by molar-refractivity contribution is 9.10. The van der Waals surface area contributed by atoms with Crippen LogP contribution in [-0.2, 0) is 10.0 Å². The van der Waals surface area contributed by atoms with Crippen LogP contribution in [0.4, 0.5) is 0 Å². The largest absolute Gasteiger partial charge is 0.495 e. The molecule has 0 fully saturated rings. The van der Waals surface area contributed by atoms with Crippen LogP contribution in [-0.4, -0.2) is 59.0 Å². The highest BCUT2D eigenvalue weighted by Gasteiger charge is 2.24. The highest BCUT2D eigenvalue weighted by Crippen LogP contribution is 2.29. The number of halogens is 1. The molecule has 0 saturated heterocycles. The van der Waals surface area contributed by atoms with Crippen molar-refractivity contribution in [1.82, 2.24) is 9.21 Å². The smallest absolute Gasteiger partial charge is 0.246 e. The Morgan fingerprint density at radius 3 is 2.37 bits per heavy atom. The van der Waals surface area contributed by atoms with Crippen LogP contribution in [0, 0.1) is 0 Å². The first-order valence-electron chi connectivity index (χ1n) is 5.73. The van der Waals surface area contributed by atoms with Gasteiger partial charge in [0, 0.05) is 24.6 Å². The Bertz CT molecular complexity index is 532. The fourth-order valence-corrected chi connectivity index (χ4v) is 3.33. The number of sulfonamides is 1. The average Bonchev–Trinajstić information content (AvgIpc) is 2.35. The third-order valence-electron chi connectivity index (χ3n) is 2.68. The molecule has 0 aliphatic rings. The number of ether oxygens (including phenoxy) is 1. The summed E-state index contributed by atoms with van der Waals surface area (Å²) in [5.41, 5.74) is 0. The second kappa shape index (κ2) is 6.69. The number of nitrogens with zero attached hydrogens (tertiary/aromatic N) is 2. The third kappa shape index (κ3) is 4.17. The lowest BCUT2D eigenvalue weighted by Gasteiger charge is -2.20. The predicted octanol–water partition coefficient (Wildman–Crippen LogP) is 1.64. The summed E-state index contributed by atoms with van der Waals surface area (Å²) in [6.45, 7) is 1.08. The minimum absolute atomic E-state index is 0.172. The summed E-state index contributed by atoms with van der Waals surface area (Å²) in [6.07, 6.45) is 0. The molecule has 1 aromatic carbocycles. The van der Waals surface area contributed by atoms with Crippen LogP contribution in [0.1, 0.15) is 0 Å². The molecule has 0 atom stereocenters. The summed E-state index contributed by atoms with van der Waals surface area (Å²) >= 11 is 3.28. The first-order valence-corrected chi connectivity index (χ1v) is 7.97. The van der Waals surface area contributed by atoms with Crippen LogP contribution in [0.5, 0.6) is 5.75 Å². The van der Waals surface area contributed by atoms with Crippen molar-refractivity contribution in [3.63, 3.8) is 0 Å². The van der Waals surface area contributed by atoms with Crippen molar-refractivity contribution in [2.45, 2.75) is 4.90 Å². The number of hydrogen-bond acceptors (Lipinski definition) is 4. The Labute approximate surface area is 123 Å². The van der Waals surface area contributed by atoms with Gasteiger partial charge in [0.15, 0.2) is 0 Å². The van der Waals surface area contributed by atoms with E-state index in [2.05, 4.69) is 15.9 Å². The number of benzene rings is 1. The van der Waals surface area contributed by atoms with E-state index < -0.39 is 10.0 Å². The summed E-state index contributed by atoms with van der Waals surface area (Å²) in [5, 5.41) is 0. The topological polar surface area (TPSA) is 49.9 Å². The molecule has 0 bridgehead atoms. The van der Waals surface area contributed by atoms with Crippen molar-refractivity contribution in [3.05, 3.63) is 22.7 Å². The molecule has 7 heteroatoms. The van der Waals surface area contributed by atoms with Gasteiger partial charge in [-0.1, -0.05) is 15.9 Å². The zero-order valence-corrected chi connectivity index (χ0v) is 14.0. The van der Waals surface area contributed by atoms with E-state index in [0.717, 1.165) is 0 Å². The fourth-order valence-electron chi connectivity index (χ4n) is 1.48. The van der Waals surface area contributed by atoms with Crippen LogP contribution >= 0.6 is 15.9 Å². The molecule has 19 heavy (non-hydrogen) atoms. The van der Waals surface area contributed by atoms with Gasteiger partial charge in [-0.25, -0.2) is 8.42 Å². The van der Waals surface area contributed by atoms with E-state index in [-0.39, 0.29) is 4.90 Å². The summed E-state index contributed by atoms with van der Waals surface area (Å²) in [4.78, 5) is 2.11. The fraction of sp³-hybridized carbons (Fsp3) is 0.500. The molecule has 0 spiro atoms. The minimum atomic E-state index is -3.55. The Kier molecular flexibility index (Phi) is 5.79. The van der Waals surface area contributed by atoms with Crippen LogP contribution in [0.2, 0.25) is 0 Å². The summed E-state index contributed by atoms with van der Waals surface area (Å²) in [6, 6.07) is 4.94. The van der Waals surface area contributed by atoms with Gasteiger partial charge >= 0.3 is 0 Å². The number of methoxy groups -OCH3 is 1. The molecule has 0 amide bonds. The Morgan fingerprint density at radius 1 is 1.21 bits per heavy atom. The molecule has 0 aliphatic heterocycles. The van der Waals surface area contributed by atoms with E-state index in [0.29, 0.717) is 23.3 Å². The molecule has 0 aromatic heterocycles. The third-order valence-corrected chi connectivity index (χ3v) is 5.05. The quantitative estimate of drug-likeness (QED) is 0.782. The van der Waals surface area contributed by atoms with E-state index in [1.54, 1.807) is 25.2 Å². The summed E-state index contributed by atoms with van der Waals surface area (Å²) in [5.74, 6) is 0.347. The van der Waals surface area contributed by atoms with Gasteiger partial charge in [0.1, 0.15) is 10.6 Å². The van der Waals surface area contributed by atoms with Crippen LogP contribution in [0.15, 0.2) is 27.6 Å². The maximum atomic E-state index is 12.5. The standard InChI is InChI=1S/C12H19BrN2O3S/c1-14(2)7-8-15(3)19(16,17)12-9-10(13)5-6-11(12)18-4/h5-6,9H,7-8H2,1-4H3. The van der Waals surface area contributed by atoms with Crippen LogP contribution in [0.25, 0.3) is 0 Å².